The van der Waals surface area contributed by atoms with E-state index >= 15 is 0 Å². The van der Waals surface area contributed by atoms with Crippen molar-refractivity contribution in [2.75, 3.05) is 59.8 Å². The van der Waals surface area contributed by atoms with Gasteiger partial charge in [0.15, 0.2) is 6.29 Å². The zero-order valence-electron chi connectivity index (χ0n) is 17.4. The number of ether oxygens (including phenoxy) is 4. The molecular weight excluding hydrogens is 424 g/mol. The van der Waals surface area contributed by atoms with Crippen LogP contribution in [0.4, 0.5) is 0 Å². The Hall–Kier alpha value is -1.94. The van der Waals surface area contributed by atoms with E-state index in [1.165, 1.54) is 7.11 Å². The Morgan fingerprint density at radius 3 is 1.90 bits per heavy atom. The molecule has 0 aromatic rings. The van der Waals surface area contributed by atoms with E-state index in [1.807, 2.05) is 0 Å². The summed E-state index contributed by atoms with van der Waals surface area (Å²) in [4.78, 5) is 31.3. The van der Waals surface area contributed by atoms with Crippen molar-refractivity contribution in [2.24, 2.45) is 0 Å². The molecule has 0 rings (SSSR count). The SMILES string of the molecule is COC(O)CCOCC(COCCC(=O)O)(COCCC(=O)O)NCC(O)C[N+](=O)[O-]. The molecular formula is C17H32N2O12. The van der Waals surface area contributed by atoms with Crippen molar-refractivity contribution >= 4 is 11.9 Å². The summed E-state index contributed by atoms with van der Waals surface area (Å²) in [6, 6.07) is 0. The summed E-state index contributed by atoms with van der Waals surface area (Å²) < 4.78 is 21.0. The van der Waals surface area contributed by atoms with Crippen molar-refractivity contribution in [3.8, 4) is 0 Å². The second-order valence-corrected chi connectivity index (χ2v) is 6.75. The number of aliphatic hydroxyl groups excluding tert-OH is 2. The van der Waals surface area contributed by atoms with Gasteiger partial charge in [-0.25, -0.2) is 0 Å². The van der Waals surface area contributed by atoms with Gasteiger partial charge >= 0.3 is 11.9 Å². The zero-order chi connectivity index (χ0) is 23.7. The van der Waals surface area contributed by atoms with Gasteiger partial charge in [0, 0.05) is 25.0 Å². The van der Waals surface area contributed by atoms with Gasteiger partial charge in [-0.05, 0) is 0 Å². The molecule has 0 radical (unpaired) electrons. The fourth-order valence-electron chi connectivity index (χ4n) is 2.27. The van der Waals surface area contributed by atoms with E-state index in [0.717, 1.165) is 0 Å². The van der Waals surface area contributed by atoms with E-state index < -0.39 is 41.3 Å². The van der Waals surface area contributed by atoms with E-state index in [0.29, 0.717) is 0 Å². The number of carboxylic acids is 2. The number of hydrogen-bond acceptors (Lipinski definition) is 11. The number of carbonyl (C=O) groups is 2. The number of rotatable bonds is 21. The van der Waals surface area contributed by atoms with Gasteiger partial charge < -0.3 is 44.7 Å². The minimum Gasteiger partial charge on any atom is -0.481 e. The van der Waals surface area contributed by atoms with Crippen LogP contribution in [0, 0.1) is 10.1 Å². The first kappa shape index (κ1) is 29.1. The molecule has 0 heterocycles. The predicted molar refractivity (Wildman–Crippen MR) is 103 cm³/mol. The van der Waals surface area contributed by atoms with Gasteiger partial charge in [0.2, 0.25) is 6.54 Å². The smallest absolute Gasteiger partial charge is 0.305 e. The molecule has 31 heavy (non-hydrogen) atoms. The average Bonchev–Trinajstić information content (AvgIpc) is 2.69. The van der Waals surface area contributed by atoms with E-state index in [2.05, 4.69) is 5.32 Å². The van der Waals surface area contributed by atoms with Crippen LogP contribution in [0.25, 0.3) is 0 Å². The second kappa shape index (κ2) is 16.7. The lowest BCUT2D eigenvalue weighted by Crippen LogP contribution is -2.58. The third-order valence-electron chi connectivity index (χ3n) is 3.91. The van der Waals surface area contributed by atoms with Crippen LogP contribution >= 0.6 is 0 Å². The standard InChI is InChI=1S/C17H32N2O12/c1-28-16(25)4-7-31-12-17(10-29-5-2-14(21)22,11-30-6-3-15(23)24)18-8-13(20)9-19(26)27/h13,16,18,20,25H,2-12H2,1H3,(H,21,22)(H,23,24). The van der Waals surface area contributed by atoms with Crippen molar-refractivity contribution in [1.29, 1.82) is 0 Å². The third kappa shape index (κ3) is 16.4. The van der Waals surface area contributed by atoms with Crippen LogP contribution in [0.1, 0.15) is 19.3 Å². The molecule has 5 N–H and O–H groups in total. The average molecular weight is 456 g/mol. The molecule has 0 aliphatic rings. The van der Waals surface area contributed by atoms with Gasteiger partial charge in [0.25, 0.3) is 0 Å². The summed E-state index contributed by atoms with van der Waals surface area (Å²) in [6.45, 7) is -1.52. The first-order valence-electron chi connectivity index (χ1n) is 9.53. The number of hydrogen-bond donors (Lipinski definition) is 5. The van der Waals surface area contributed by atoms with Gasteiger partial charge in [-0.15, -0.1) is 0 Å². The van der Waals surface area contributed by atoms with E-state index in [9.17, 15) is 29.9 Å². The van der Waals surface area contributed by atoms with E-state index in [4.69, 9.17) is 29.2 Å². The second-order valence-electron chi connectivity index (χ2n) is 6.75. The van der Waals surface area contributed by atoms with Crippen LogP contribution in [0.3, 0.4) is 0 Å². The Labute approximate surface area is 179 Å². The Morgan fingerprint density at radius 2 is 1.48 bits per heavy atom. The zero-order valence-corrected chi connectivity index (χ0v) is 17.4. The Morgan fingerprint density at radius 1 is 1.00 bits per heavy atom. The molecule has 0 bridgehead atoms. The summed E-state index contributed by atoms with van der Waals surface area (Å²) in [7, 11) is 1.32. The fourth-order valence-corrected chi connectivity index (χ4v) is 2.27. The highest BCUT2D eigenvalue weighted by molar-refractivity contribution is 5.67. The van der Waals surface area contributed by atoms with Crippen molar-refractivity contribution in [3.05, 3.63) is 10.1 Å². The lowest BCUT2D eigenvalue weighted by molar-refractivity contribution is -0.490. The van der Waals surface area contributed by atoms with Crippen LogP contribution in [-0.4, -0.2) is 115 Å². The van der Waals surface area contributed by atoms with Gasteiger partial charge in [0.1, 0.15) is 6.10 Å². The molecule has 0 aliphatic heterocycles. The van der Waals surface area contributed by atoms with Gasteiger partial charge in [-0.3, -0.25) is 19.7 Å². The molecule has 182 valence electrons. The summed E-state index contributed by atoms with van der Waals surface area (Å²) in [5, 5.41) is 50.2. The Bertz CT molecular complexity index is 511. The first-order chi connectivity index (χ1) is 14.6. The van der Waals surface area contributed by atoms with E-state index in [-0.39, 0.29) is 65.4 Å². The molecule has 2 unspecified atom stereocenters. The van der Waals surface area contributed by atoms with Crippen molar-refractivity contribution < 1.29 is 53.9 Å². The summed E-state index contributed by atoms with van der Waals surface area (Å²) >= 11 is 0. The van der Waals surface area contributed by atoms with Gasteiger partial charge in [-0.2, -0.15) is 0 Å². The Balaban J connectivity index is 5.12. The number of aliphatic carboxylic acids is 2. The lowest BCUT2D eigenvalue weighted by atomic mass is 10.0. The summed E-state index contributed by atoms with van der Waals surface area (Å²) in [5.41, 5.74) is -1.17. The minimum absolute atomic E-state index is 0.0696. The largest absolute Gasteiger partial charge is 0.481 e. The van der Waals surface area contributed by atoms with Gasteiger partial charge in [-0.1, -0.05) is 0 Å². The Kier molecular flexibility index (Phi) is 15.7. The van der Waals surface area contributed by atoms with E-state index in [1.54, 1.807) is 0 Å². The maximum Gasteiger partial charge on any atom is 0.305 e. The number of carboxylic acid groups (broad SMARTS) is 2. The molecule has 0 aliphatic carbocycles. The molecule has 0 saturated heterocycles. The number of nitrogens with zero attached hydrogens (tertiary/aromatic N) is 1. The number of nitro groups is 1. The highest BCUT2D eigenvalue weighted by Crippen LogP contribution is 2.11. The summed E-state index contributed by atoms with van der Waals surface area (Å²) in [6.07, 6.45) is -2.75. The maximum absolute atomic E-state index is 10.7. The van der Waals surface area contributed by atoms with Crippen molar-refractivity contribution in [3.63, 3.8) is 0 Å². The normalized spacial score (nSPS) is 13.6. The van der Waals surface area contributed by atoms with Crippen LogP contribution in [0.2, 0.25) is 0 Å². The molecule has 0 saturated carbocycles. The molecule has 14 nitrogen and oxygen atoms in total. The van der Waals surface area contributed by atoms with Crippen LogP contribution in [-0.2, 0) is 28.5 Å². The highest BCUT2D eigenvalue weighted by Gasteiger charge is 2.33. The first-order valence-corrected chi connectivity index (χ1v) is 9.53. The quantitative estimate of drug-likeness (QED) is 0.0566. The molecule has 14 heteroatoms. The number of β-amino-alcohol motifs (C(OH)–C–C–N with tert-alkyl or cyclic N) is 1. The molecule has 0 fully saturated rings. The van der Waals surface area contributed by atoms with Crippen molar-refractivity contribution in [1.82, 2.24) is 5.32 Å². The molecule has 0 aromatic carbocycles. The van der Waals surface area contributed by atoms with Crippen molar-refractivity contribution in [2.45, 2.75) is 37.2 Å². The number of nitrogens with one attached hydrogen (secondary N) is 1. The molecule has 0 amide bonds. The predicted octanol–water partition coefficient (Wildman–Crippen LogP) is -1.69. The highest BCUT2D eigenvalue weighted by atomic mass is 16.6. The monoisotopic (exact) mass is 456 g/mol. The molecule has 2 atom stereocenters. The minimum atomic E-state index is -1.33. The van der Waals surface area contributed by atoms with Crippen LogP contribution in [0.15, 0.2) is 0 Å². The molecule has 0 spiro atoms. The van der Waals surface area contributed by atoms with Crippen LogP contribution in [0.5, 0.6) is 0 Å². The lowest BCUT2D eigenvalue weighted by Gasteiger charge is -2.35. The number of aliphatic hydroxyl groups is 2. The summed E-state index contributed by atoms with van der Waals surface area (Å²) in [5.74, 6) is -2.13. The topological polar surface area (TPSA) is 207 Å². The third-order valence-corrected chi connectivity index (χ3v) is 3.91. The van der Waals surface area contributed by atoms with Gasteiger partial charge in [0.05, 0.1) is 58.0 Å². The fraction of sp³-hybridized carbons (Fsp3) is 0.882. The number of methoxy groups -OCH3 is 1. The van der Waals surface area contributed by atoms with Crippen LogP contribution < -0.4 is 5.32 Å². The maximum atomic E-state index is 10.7. The molecule has 0 aromatic heterocycles.